The second-order valence-electron chi connectivity index (χ2n) is 6.11. The number of carbonyl (C=O) groups is 1. The highest BCUT2D eigenvalue weighted by Gasteiger charge is 2.19. The SMILES string of the molecule is CC(NC(=O)NC(c1ccccc1)c1ccccn1)c1ccc(F)c(F)c1. The standard InChI is InChI=1S/C21H19F2N3O/c1-14(16-10-11-17(22)18(23)13-16)25-21(27)26-20(15-7-3-2-4-8-15)19-9-5-6-12-24-19/h2-14,20H,1H3,(H2,25,26,27). The molecule has 2 unspecified atom stereocenters. The molecule has 0 bridgehead atoms. The van der Waals surface area contributed by atoms with Gasteiger partial charge in [-0.05, 0) is 42.3 Å². The smallest absolute Gasteiger partial charge is 0.316 e. The number of hydrogen-bond donors (Lipinski definition) is 2. The van der Waals surface area contributed by atoms with E-state index in [0.717, 1.165) is 17.7 Å². The zero-order chi connectivity index (χ0) is 19.2. The molecule has 2 atom stereocenters. The van der Waals surface area contributed by atoms with Crippen LogP contribution in [0.25, 0.3) is 0 Å². The molecule has 1 heterocycles. The highest BCUT2D eigenvalue weighted by atomic mass is 19.2. The predicted octanol–water partition coefficient (Wildman–Crippen LogP) is 4.51. The van der Waals surface area contributed by atoms with Crippen LogP contribution in [0.15, 0.2) is 72.9 Å². The average molecular weight is 367 g/mol. The van der Waals surface area contributed by atoms with Gasteiger partial charge in [0, 0.05) is 6.20 Å². The van der Waals surface area contributed by atoms with Crippen molar-refractivity contribution in [2.75, 3.05) is 0 Å². The fourth-order valence-electron chi connectivity index (χ4n) is 2.75. The van der Waals surface area contributed by atoms with E-state index in [1.165, 1.54) is 6.07 Å². The first-order valence-electron chi connectivity index (χ1n) is 8.52. The molecule has 0 aliphatic heterocycles. The van der Waals surface area contributed by atoms with Crippen molar-refractivity contribution in [3.63, 3.8) is 0 Å². The molecule has 3 rings (SSSR count). The summed E-state index contributed by atoms with van der Waals surface area (Å²) in [6.45, 7) is 1.70. The lowest BCUT2D eigenvalue weighted by Crippen LogP contribution is -2.39. The molecular weight excluding hydrogens is 348 g/mol. The Labute approximate surface area is 156 Å². The molecule has 0 saturated heterocycles. The van der Waals surface area contributed by atoms with Crippen LogP contribution in [-0.4, -0.2) is 11.0 Å². The molecule has 4 nitrogen and oxygen atoms in total. The zero-order valence-electron chi connectivity index (χ0n) is 14.7. The van der Waals surface area contributed by atoms with Crippen LogP contribution in [0.1, 0.15) is 35.8 Å². The number of halogens is 2. The molecule has 0 spiro atoms. The number of rotatable bonds is 5. The largest absolute Gasteiger partial charge is 0.332 e. The van der Waals surface area contributed by atoms with Gasteiger partial charge >= 0.3 is 6.03 Å². The number of nitrogens with zero attached hydrogens (tertiary/aromatic N) is 1. The topological polar surface area (TPSA) is 54.0 Å². The molecule has 0 fully saturated rings. The molecule has 0 radical (unpaired) electrons. The van der Waals surface area contributed by atoms with E-state index in [0.29, 0.717) is 11.3 Å². The van der Waals surface area contributed by atoms with Crippen molar-refractivity contribution in [2.45, 2.75) is 19.0 Å². The van der Waals surface area contributed by atoms with Gasteiger partial charge in [0.05, 0.1) is 17.8 Å². The summed E-state index contributed by atoms with van der Waals surface area (Å²) in [7, 11) is 0. The normalized spacial score (nSPS) is 12.9. The first-order chi connectivity index (χ1) is 13.0. The maximum Gasteiger partial charge on any atom is 0.316 e. The number of hydrogen-bond acceptors (Lipinski definition) is 2. The first-order valence-corrected chi connectivity index (χ1v) is 8.52. The summed E-state index contributed by atoms with van der Waals surface area (Å²) < 4.78 is 26.5. The van der Waals surface area contributed by atoms with Crippen molar-refractivity contribution in [3.05, 3.63) is 101 Å². The Morgan fingerprint density at radius 1 is 0.889 bits per heavy atom. The van der Waals surface area contributed by atoms with Gasteiger partial charge in [-0.1, -0.05) is 42.5 Å². The minimum Gasteiger partial charge on any atom is -0.332 e. The minimum atomic E-state index is -0.947. The van der Waals surface area contributed by atoms with Gasteiger partial charge in [0.15, 0.2) is 11.6 Å². The van der Waals surface area contributed by atoms with E-state index in [-0.39, 0.29) is 0 Å². The van der Waals surface area contributed by atoms with Crippen molar-refractivity contribution >= 4 is 6.03 Å². The van der Waals surface area contributed by atoms with Gasteiger partial charge in [0.25, 0.3) is 0 Å². The minimum absolute atomic E-state index is 0.438. The summed E-state index contributed by atoms with van der Waals surface area (Å²) >= 11 is 0. The molecule has 27 heavy (non-hydrogen) atoms. The Morgan fingerprint density at radius 2 is 1.63 bits per heavy atom. The number of carbonyl (C=O) groups excluding carboxylic acids is 1. The number of urea groups is 1. The Kier molecular flexibility index (Phi) is 5.76. The second kappa shape index (κ2) is 8.40. The molecule has 6 heteroatoms. The van der Waals surface area contributed by atoms with Crippen LogP contribution in [0, 0.1) is 11.6 Å². The van der Waals surface area contributed by atoms with Gasteiger partial charge < -0.3 is 10.6 Å². The van der Waals surface area contributed by atoms with Crippen LogP contribution in [0.2, 0.25) is 0 Å². The number of pyridine rings is 1. The molecule has 1 aromatic heterocycles. The monoisotopic (exact) mass is 367 g/mol. The number of nitrogens with one attached hydrogen (secondary N) is 2. The summed E-state index contributed by atoms with van der Waals surface area (Å²) in [5, 5.41) is 5.64. The van der Waals surface area contributed by atoms with Crippen molar-refractivity contribution < 1.29 is 13.6 Å². The van der Waals surface area contributed by atoms with Gasteiger partial charge in [0.1, 0.15) is 0 Å². The van der Waals surface area contributed by atoms with Crippen LogP contribution in [0.5, 0.6) is 0 Å². The molecule has 2 amide bonds. The Morgan fingerprint density at radius 3 is 2.30 bits per heavy atom. The average Bonchev–Trinajstić information content (AvgIpc) is 2.69. The van der Waals surface area contributed by atoms with Gasteiger partial charge in [-0.25, -0.2) is 13.6 Å². The van der Waals surface area contributed by atoms with E-state index < -0.39 is 29.7 Å². The fraction of sp³-hybridized carbons (Fsp3) is 0.143. The van der Waals surface area contributed by atoms with Gasteiger partial charge in [-0.2, -0.15) is 0 Å². The van der Waals surface area contributed by atoms with Crippen molar-refractivity contribution in [2.24, 2.45) is 0 Å². The van der Waals surface area contributed by atoms with Gasteiger partial charge in [-0.15, -0.1) is 0 Å². The molecular formula is C21H19F2N3O. The summed E-state index contributed by atoms with van der Waals surface area (Å²) in [6.07, 6.45) is 1.66. The lowest BCUT2D eigenvalue weighted by atomic mass is 10.0. The Bertz CT molecular complexity index is 864. The van der Waals surface area contributed by atoms with E-state index in [2.05, 4.69) is 15.6 Å². The predicted molar refractivity (Wildman–Crippen MR) is 99.0 cm³/mol. The third-order valence-corrected chi connectivity index (χ3v) is 4.18. The molecule has 3 aromatic rings. The van der Waals surface area contributed by atoms with E-state index in [9.17, 15) is 13.6 Å². The maximum absolute atomic E-state index is 13.4. The lowest BCUT2D eigenvalue weighted by Gasteiger charge is -2.21. The van der Waals surface area contributed by atoms with Crippen LogP contribution in [-0.2, 0) is 0 Å². The van der Waals surface area contributed by atoms with Crippen molar-refractivity contribution in [1.29, 1.82) is 0 Å². The molecule has 0 aliphatic carbocycles. The third-order valence-electron chi connectivity index (χ3n) is 4.18. The van der Waals surface area contributed by atoms with Gasteiger partial charge in [-0.3, -0.25) is 4.98 Å². The van der Waals surface area contributed by atoms with E-state index in [1.54, 1.807) is 19.2 Å². The maximum atomic E-state index is 13.4. The number of benzene rings is 2. The fourth-order valence-corrected chi connectivity index (χ4v) is 2.75. The number of aromatic nitrogens is 1. The quantitative estimate of drug-likeness (QED) is 0.697. The van der Waals surface area contributed by atoms with E-state index >= 15 is 0 Å². The lowest BCUT2D eigenvalue weighted by molar-refractivity contribution is 0.235. The van der Waals surface area contributed by atoms with Gasteiger partial charge in [0.2, 0.25) is 0 Å². The van der Waals surface area contributed by atoms with Crippen LogP contribution in [0.4, 0.5) is 13.6 Å². The first kappa shape index (κ1) is 18.5. The zero-order valence-corrected chi connectivity index (χ0v) is 14.7. The molecule has 0 saturated carbocycles. The molecule has 2 aromatic carbocycles. The van der Waals surface area contributed by atoms with Crippen LogP contribution >= 0.6 is 0 Å². The van der Waals surface area contributed by atoms with Crippen LogP contribution in [0.3, 0.4) is 0 Å². The Hall–Kier alpha value is -3.28. The van der Waals surface area contributed by atoms with Crippen molar-refractivity contribution in [1.82, 2.24) is 15.6 Å². The highest BCUT2D eigenvalue weighted by Crippen LogP contribution is 2.20. The molecule has 0 aliphatic rings. The van der Waals surface area contributed by atoms with E-state index in [1.807, 2.05) is 42.5 Å². The highest BCUT2D eigenvalue weighted by molar-refractivity contribution is 5.75. The summed E-state index contributed by atoms with van der Waals surface area (Å²) in [4.78, 5) is 16.9. The third kappa shape index (κ3) is 4.67. The van der Waals surface area contributed by atoms with Crippen molar-refractivity contribution in [3.8, 4) is 0 Å². The van der Waals surface area contributed by atoms with E-state index in [4.69, 9.17) is 0 Å². The summed E-state index contributed by atoms with van der Waals surface area (Å²) in [5.41, 5.74) is 2.05. The second-order valence-corrected chi connectivity index (χ2v) is 6.11. The van der Waals surface area contributed by atoms with Crippen LogP contribution < -0.4 is 10.6 Å². The molecule has 2 N–H and O–H groups in total. The Balaban J connectivity index is 1.75. The summed E-state index contributed by atoms with van der Waals surface area (Å²) in [5.74, 6) is -1.87. The molecule has 138 valence electrons. The number of amides is 2. The summed E-state index contributed by atoms with van der Waals surface area (Å²) in [6, 6.07) is 17.1.